The second kappa shape index (κ2) is 4.79. The van der Waals surface area contributed by atoms with E-state index in [0.29, 0.717) is 5.56 Å². The minimum atomic E-state index is -1.09. The van der Waals surface area contributed by atoms with Crippen LogP contribution < -0.4 is 0 Å². The van der Waals surface area contributed by atoms with Crippen LogP contribution in [0.25, 0.3) is 0 Å². The number of ketones is 1. The maximum atomic E-state index is 11.9. The summed E-state index contributed by atoms with van der Waals surface area (Å²) in [6.07, 6.45) is -0.395. The van der Waals surface area contributed by atoms with E-state index in [0.717, 1.165) is 5.56 Å². The zero-order valence-electron chi connectivity index (χ0n) is 9.58. The number of carboxylic acids is 1. The summed E-state index contributed by atoms with van der Waals surface area (Å²) in [6.45, 7) is 1.91. The summed E-state index contributed by atoms with van der Waals surface area (Å²) in [7, 11) is 0. The first-order chi connectivity index (χ1) is 8.56. The lowest BCUT2D eigenvalue weighted by molar-refractivity contribution is -0.136. The Balaban J connectivity index is 2.21. The maximum Gasteiger partial charge on any atom is 0.312 e. The molecule has 0 aliphatic rings. The molecule has 0 aliphatic heterocycles. The Labute approximate surface area is 102 Å². The van der Waals surface area contributed by atoms with Crippen molar-refractivity contribution in [1.29, 1.82) is 0 Å². The fourth-order valence-electron chi connectivity index (χ4n) is 1.38. The number of aryl methyl sites for hydroxylation is 1. The van der Waals surface area contributed by atoms with Crippen molar-refractivity contribution in [3.05, 3.63) is 47.1 Å². The van der Waals surface area contributed by atoms with Crippen LogP contribution >= 0.6 is 0 Å². The lowest BCUT2D eigenvalue weighted by Gasteiger charge is -1.96. The van der Waals surface area contributed by atoms with Gasteiger partial charge in [-0.25, -0.2) is 0 Å². The molecule has 6 nitrogen and oxygen atoms in total. The van der Waals surface area contributed by atoms with E-state index >= 15 is 0 Å². The number of hydrogen-bond acceptors (Lipinski definition) is 5. The highest BCUT2D eigenvalue weighted by Gasteiger charge is 2.17. The maximum absolute atomic E-state index is 11.9. The number of carbonyl (C=O) groups excluding carboxylic acids is 1. The molecule has 6 heteroatoms. The van der Waals surface area contributed by atoms with E-state index in [2.05, 4.69) is 14.7 Å². The van der Waals surface area contributed by atoms with Crippen LogP contribution in [-0.4, -0.2) is 27.0 Å². The van der Waals surface area contributed by atoms with Gasteiger partial charge in [0.25, 0.3) is 0 Å². The van der Waals surface area contributed by atoms with E-state index in [1.54, 1.807) is 24.3 Å². The molecule has 0 saturated carbocycles. The van der Waals surface area contributed by atoms with Gasteiger partial charge in [0.1, 0.15) is 6.42 Å². The van der Waals surface area contributed by atoms with Crippen molar-refractivity contribution in [2.45, 2.75) is 13.3 Å². The van der Waals surface area contributed by atoms with Crippen molar-refractivity contribution >= 4 is 11.8 Å². The van der Waals surface area contributed by atoms with Crippen molar-refractivity contribution in [3.63, 3.8) is 0 Å². The minimum Gasteiger partial charge on any atom is -0.481 e. The zero-order valence-corrected chi connectivity index (χ0v) is 9.58. The number of benzene rings is 1. The van der Waals surface area contributed by atoms with Crippen LogP contribution in [0.2, 0.25) is 0 Å². The summed E-state index contributed by atoms with van der Waals surface area (Å²) in [5.74, 6) is -1.70. The first kappa shape index (κ1) is 12.0. The van der Waals surface area contributed by atoms with E-state index in [1.807, 2.05) is 6.92 Å². The topological polar surface area (TPSA) is 93.3 Å². The second-order valence-corrected chi connectivity index (χ2v) is 3.78. The predicted molar refractivity (Wildman–Crippen MR) is 60.2 cm³/mol. The number of aliphatic carboxylic acids is 1. The molecule has 0 atom stereocenters. The highest BCUT2D eigenvalue weighted by atomic mass is 16.5. The van der Waals surface area contributed by atoms with Gasteiger partial charge in [-0.3, -0.25) is 9.59 Å². The molecule has 1 aromatic carbocycles. The molecule has 1 heterocycles. The molecule has 0 fully saturated rings. The van der Waals surface area contributed by atoms with Gasteiger partial charge in [0.2, 0.25) is 17.5 Å². The van der Waals surface area contributed by atoms with E-state index in [-0.39, 0.29) is 11.7 Å². The highest BCUT2D eigenvalue weighted by Crippen LogP contribution is 2.09. The molecule has 1 aromatic heterocycles. The van der Waals surface area contributed by atoms with E-state index in [1.165, 1.54) is 0 Å². The summed E-state index contributed by atoms with van der Waals surface area (Å²) in [4.78, 5) is 26.1. The van der Waals surface area contributed by atoms with Crippen LogP contribution in [0.15, 0.2) is 28.8 Å². The van der Waals surface area contributed by atoms with Gasteiger partial charge < -0.3 is 9.63 Å². The molecular formula is C12H10N2O4. The van der Waals surface area contributed by atoms with Gasteiger partial charge in [0.15, 0.2) is 0 Å². The average Bonchev–Trinajstić information content (AvgIpc) is 2.76. The summed E-state index contributed by atoms with van der Waals surface area (Å²) in [5.41, 5.74) is 1.47. The largest absolute Gasteiger partial charge is 0.481 e. The number of nitrogens with zero attached hydrogens (tertiary/aromatic N) is 2. The zero-order chi connectivity index (χ0) is 13.1. The Morgan fingerprint density at radius 1 is 1.28 bits per heavy atom. The lowest BCUT2D eigenvalue weighted by Crippen LogP contribution is -2.05. The number of aromatic nitrogens is 2. The van der Waals surface area contributed by atoms with E-state index in [4.69, 9.17) is 5.11 Å². The minimum absolute atomic E-state index is 0.0852. The van der Waals surface area contributed by atoms with Crippen LogP contribution in [0.4, 0.5) is 0 Å². The molecule has 2 aromatic rings. The molecule has 0 bridgehead atoms. The van der Waals surface area contributed by atoms with Crippen molar-refractivity contribution < 1.29 is 19.2 Å². The van der Waals surface area contributed by atoms with Crippen molar-refractivity contribution in [2.75, 3.05) is 0 Å². The molecule has 0 aliphatic carbocycles. The second-order valence-electron chi connectivity index (χ2n) is 3.78. The van der Waals surface area contributed by atoms with Crippen LogP contribution in [0.3, 0.4) is 0 Å². The molecule has 0 radical (unpaired) electrons. The average molecular weight is 246 g/mol. The van der Waals surface area contributed by atoms with Gasteiger partial charge in [-0.15, -0.1) is 0 Å². The number of carboxylic acid groups (broad SMARTS) is 1. The third kappa shape index (κ3) is 2.60. The van der Waals surface area contributed by atoms with Crippen LogP contribution in [0, 0.1) is 6.92 Å². The summed E-state index contributed by atoms with van der Waals surface area (Å²) < 4.78 is 4.68. The fraction of sp³-hybridized carbons (Fsp3) is 0.167. The lowest BCUT2D eigenvalue weighted by atomic mass is 10.1. The van der Waals surface area contributed by atoms with Gasteiger partial charge >= 0.3 is 5.97 Å². The molecule has 2 rings (SSSR count). The van der Waals surface area contributed by atoms with Crippen molar-refractivity contribution in [2.24, 2.45) is 0 Å². The fourth-order valence-corrected chi connectivity index (χ4v) is 1.38. The Morgan fingerprint density at radius 3 is 2.56 bits per heavy atom. The summed E-state index contributed by atoms with van der Waals surface area (Å²) >= 11 is 0. The van der Waals surface area contributed by atoms with Crippen molar-refractivity contribution in [1.82, 2.24) is 10.1 Å². The summed E-state index contributed by atoms with van der Waals surface area (Å²) in [5, 5.41) is 12.0. The summed E-state index contributed by atoms with van der Waals surface area (Å²) in [6, 6.07) is 6.91. The van der Waals surface area contributed by atoms with Gasteiger partial charge in [-0.2, -0.15) is 4.98 Å². The molecule has 0 unspecified atom stereocenters. The Hall–Kier alpha value is -2.50. The van der Waals surface area contributed by atoms with E-state index in [9.17, 15) is 9.59 Å². The van der Waals surface area contributed by atoms with Gasteiger partial charge in [0.05, 0.1) is 0 Å². The molecular weight excluding hydrogens is 236 g/mol. The Morgan fingerprint density at radius 2 is 1.94 bits per heavy atom. The van der Waals surface area contributed by atoms with Crippen LogP contribution in [0.5, 0.6) is 0 Å². The first-order valence-electron chi connectivity index (χ1n) is 5.22. The molecule has 0 spiro atoms. The van der Waals surface area contributed by atoms with Crippen LogP contribution in [-0.2, 0) is 11.2 Å². The van der Waals surface area contributed by atoms with Gasteiger partial charge in [-0.05, 0) is 6.92 Å². The standard InChI is InChI=1S/C12H10N2O4/c1-7-2-4-8(5-3-7)11(17)12-13-9(18-14-12)6-10(15)16/h2-5H,6H2,1H3,(H,15,16). The molecule has 1 N–H and O–H groups in total. The molecule has 0 saturated heterocycles. The van der Waals surface area contributed by atoms with Gasteiger partial charge in [0, 0.05) is 5.56 Å². The Bertz CT molecular complexity index is 586. The molecule has 92 valence electrons. The highest BCUT2D eigenvalue weighted by molar-refractivity contribution is 6.06. The smallest absolute Gasteiger partial charge is 0.312 e. The van der Waals surface area contributed by atoms with Crippen LogP contribution in [0.1, 0.15) is 27.6 Å². The molecule has 18 heavy (non-hydrogen) atoms. The third-order valence-electron chi connectivity index (χ3n) is 2.29. The van der Waals surface area contributed by atoms with E-state index < -0.39 is 18.2 Å². The molecule has 0 amide bonds. The monoisotopic (exact) mass is 246 g/mol. The predicted octanol–water partition coefficient (Wildman–Crippen LogP) is 1.24. The first-order valence-corrected chi connectivity index (χ1v) is 5.22. The number of carbonyl (C=O) groups is 2. The van der Waals surface area contributed by atoms with Gasteiger partial charge in [-0.1, -0.05) is 35.0 Å². The SMILES string of the molecule is Cc1ccc(C(=O)c2noc(CC(=O)O)n2)cc1. The quantitative estimate of drug-likeness (QED) is 0.815. The number of hydrogen-bond donors (Lipinski definition) is 1. The number of rotatable bonds is 4. The third-order valence-corrected chi connectivity index (χ3v) is 2.29. The normalized spacial score (nSPS) is 10.3. The van der Waals surface area contributed by atoms with Crippen molar-refractivity contribution in [3.8, 4) is 0 Å². The Kier molecular flexibility index (Phi) is 3.18.